The molecule has 0 aliphatic heterocycles. The smallest absolute Gasteiger partial charge is 0.204 e. The van der Waals surface area contributed by atoms with Gasteiger partial charge in [0.25, 0.3) is 0 Å². The van der Waals surface area contributed by atoms with Crippen LogP contribution in [-0.2, 0) is 14.3 Å². The van der Waals surface area contributed by atoms with Gasteiger partial charge in [-0.3, -0.25) is 9.59 Å². The van der Waals surface area contributed by atoms with Crippen molar-refractivity contribution < 1.29 is 14.3 Å². The fraction of sp³-hybridized carbons (Fsp3) is 0.538. The fourth-order valence-corrected chi connectivity index (χ4v) is 2.75. The molecule has 0 amide bonds. The standard InChI is InChI=1S/C13H16O3/c1-8-4-5-9-10(14)6-11(16-3)12(15)13(9,2)7-8/h4,6,9H,5,7H2,1-3H3/t9-,13-/m0/s1. The fourth-order valence-electron chi connectivity index (χ4n) is 2.75. The topological polar surface area (TPSA) is 43.4 Å². The van der Waals surface area contributed by atoms with E-state index in [2.05, 4.69) is 6.08 Å². The summed E-state index contributed by atoms with van der Waals surface area (Å²) in [6.45, 7) is 3.88. The van der Waals surface area contributed by atoms with Gasteiger partial charge in [-0.25, -0.2) is 0 Å². The zero-order chi connectivity index (χ0) is 11.9. The summed E-state index contributed by atoms with van der Waals surface area (Å²) in [6.07, 6.45) is 4.73. The highest BCUT2D eigenvalue weighted by Crippen LogP contribution is 2.46. The molecule has 0 radical (unpaired) electrons. The molecule has 0 aromatic rings. The first kappa shape index (κ1) is 11.1. The van der Waals surface area contributed by atoms with E-state index < -0.39 is 5.41 Å². The lowest BCUT2D eigenvalue weighted by atomic mass is 9.61. The average molecular weight is 220 g/mol. The van der Waals surface area contributed by atoms with Crippen LogP contribution in [0.15, 0.2) is 23.5 Å². The maximum atomic E-state index is 12.2. The Morgan fingerprint density at radius 2 is 2.12 bits per heavy atom. The number of methoxy groups -OCH3 is 1. The number of fused-ring (bicyclic) bond motifs is 1. The Morgan fingerprint density at radius 3 is 2.75 bits per heavy atom. The Kier molecular flexibility index (Phi) is 2.49. The lowest BCUT2D eigenvalue weighted by Crippen LogP contribution is -2.45. The first-order valence-corrected chi connectivity index (χ1v) is 5.49. The molecular formula is C13H16O3. The summed E-state index contributed by atoms with van der Waals surface area (Å²) in [7, 11) is 1.44. The van der Waals surface area contributed by atoms with E-state index in [0.717, 1.165) is 0 Å². The van der Waals surface area contributed by atoms with Crippen molar-refractivity contribution in [1.29, 1.82) is 0 Å². The molecule has 2 rings (SSSR count). The minimum Gasteiger partial charge on any atom is -0.493 e. The zero-order valence-electron chi connectivity index (χ0n) is 9.87. The van der Waals surface area contributed by atoms with Crippen LogP contribution in [0.2, 0.25) is 0 Å². The van der Waals surface area contributed by atoms with Crippen molar-refractivity contribution in [3.8, 4) is 0 Å². The molecule has 0 aromatic heterocycles. The van der Waals surface area contributed by atoms with Crippen molar-refractivity contribution in [2.75, 3.05) is 7.11 Å². The van der Waals surface area contributed by atoms with E-state index in [4.69, 9.17) is 4.74 Å². The van der Waals surface area contributed by atoms with Crippen LogP contribution in [0, 0.1) is 11.3 Å². The lowest BCUT2D eigenvalue weighted by molar-refractivity contribution is -0.139. The molecular weight excluding hydrogens is 204 g/mol. The number of ketones is 2. The van der Waals surface area contributed by atoms with E-state index >= 15 is 0 Å². The maximum Gasteiger partial charge on any atom is 0.204 e. The molecule has 2 atom stereocenters. The monoisotopic (exact) mass is 220 g/mol. The zero-order valence-corrected chi connectivity index (χ0v) is 9.87. The number of hydrogen-bond donors (Lipinski definition) is 0. The first-order chi connectivity index (χ1) is 7.49. The number of allylic oxidation sites excluding steroid dienone is 4. The van der Waals surface area contributed by atoms with Crippen molar-refractivity contribution in [2.45, 2.75) is 26.7 Å². The molecule has 0 heterocycles. The predicted octanol–water partition coefficient (Wildman–Crippen LogP) is 2.03. The van der Waals surface area contributed by atoms with Gasteiger partial charge in [0.15, 0.2) is 11.5 Å². The largest absolute Gasteiger partial charge is 0.493 e. The van der Waals surface area contributed by atoms with E-state index in [1.54, 1.807) is 0 Å². The highest BCUT2D eigenvalue weighted by molar-refractivity contribution is 6.11. The summed E-state index contributed by atoms with van der Waals surface area (Å²) < 4.78 is 4.99. The van der Waals surface area contributed by atoms with Gasteiger partial charge in [0.2, 0.25) is 5.78 Å². The number of Topliss-reactive ketones (excluding diaryl/α,β-unsaturated/α-hetero) is 1. The minimum atomic E-state index is -0.601. The highest BCUT2D eigenvalue weighted by Gasteiger charge is 2.50. The van der Waals surface area contributed by atoms with Gasteiger partial charge in [-0.15, -0.1) is 0 Å². The molecule has 2 aliphatic carbocycles. The Hall–Kier alpha value is -1.38. The predicted molar refractivity (Wildman–Crippen MR) is 59.7 cm³/mol. The van der Waals surface area contributed by atoms with Crippen LogP contribution in [0.25, 0.3) is 0 Å². The van der Waals surface area contributed by atoms with Crippen LogP contribution in [0.1, 0.15) is 26.7 Å². The van der Waals surface area contributed by atoms with E-state index in [0.29, 0.717) is 12.8 Å². The molecule has 86 valence electrons. The Balaban J connectivity index is 2.47. The quantitative estimate of drug-likeness (QED) is 0.635. The average Bonchev–Trinajstić information content (AvgIpc) is 2.23. The van der Waals surface area contributed by atoms with Gasteiger partial charge in [0, 0.05) is 17.4 Å². The van der Waals surface area contributed by atoms with Gasteiger partial charge in [-0.2, -0.15) is 0 Å². The molecule has 3 heteroatoms. The van der Waals surface area contributed by atoms with E-state index in [1.807, 2.05) is 13.8 Å². The van der Waals surface area contributed by atoms with Crippen LogP contribution in [0.3, 0.4) is 0 Å². The van der Waals surface area contributed by atoms with Gasteiger partial charge in [0.05, 0.1) is 7.11 Å². The Morgan fingerprint density at radius 1 is 1.44 bits per heavy atom. The molecule has 2 aliphatic rings. The molecule has 0 saturated heterocycles. The second-order valence-electron chi connectivity index (χ2n) is 4.88. The summed E-state index contributed by atoms with van der Waals surface area (Å²) in [6, 6.07) is 0. The molecule has 16 heavy (non-hydrogen) atoms. The summed E-state index contributed by atoms with van der Waals surface area (Å²) >= 11 is 0. The van der Waals surface area contributed by atoms with E-state index in [9.17, 15) is 9.59 Å². The van der Waals surface area contributed by atoms with Crippen molar-refractivity contribution in [2.24, 2.45) is 11.3 Å². The molecule has 0 spiro atoms. The summed E-state index contributed by atoms with van der Waals surface area (Å²) in [5, 5.41) is 0. The van der Waals surface area contributed by atoms with Gasteiger partial charge in [0.1, 0.15) is 0 Å². The van der Waals surface area contributed by atoms with Crippen LogP contribution >= 0.6 is 0 Å². The normalized spacial score (nSPS) is 34.1. The summed E-state index contributed by atoms with van der Waals surface area (Å²) in [5.74, 6) is -0.0178. The van der Waals surface area contributed by atoms with Crippen molar-refractivity contribution in [3.05, 3.63) is 23.5 Å². The van der Waals surface area contributed by atoms with Crippen molar-refractivity contribution in [3.63, 3.8) is 0 Å². The van der Waals surface area contributed by atoms with Crippen molar-refractivity contribution >= 4 is 11.6 Å². The van der Waals surface area contributed by atoms with Crippen molar-refractivity contribution in [1.82, 2.24) is 0 Å². The van der Waals surface area contributed by atoms with E-state index in [1.165, 1.54) is 18.8 Å². The van der Waals surface area contributed by atoms with Crippen LogP contribution < -0.4 is 0 Å². The number of carbonyl (C=O) groups excluding carboxylic acids is 2. The molecule has 0 unspecified atom stereocenters. The van der Waals surface area contributed by atoms with Gasteiger partial charge in [-0.05, 0) is 19.8 Å². The number of rotatable bonds is 1. The van der Waals surface area contributed by atoms with Gasteiger partial charge >= 0.3 is 0 Å². The number of hydrogen-bond acceptors (Lipinski definition) is 3. The second-order valence-corrected chi connectivity index (χ2v) is 4.88. The third-order valence-electron chi connectivity index (χ3n) is 3.70. The molecule has 0 fully saturated rings. The van der Waals surface area contributed by atoms with Gasteiger partial charge < -0.3 is 4.74 Å². The highest BCUT2D eigenvalue weighted by atomic mass is 16.5. The Labute approximate surface area is 95.2 Å². The first-order valence-electron chi connectivity index (χ1n) is 5.49. The summed E-state index contributed by atoms with van der Waals surface area (Å²) in [5.41, 5.74) is 0.577. The SMILES string of the molecule is COC1=CC(=O)[C@@H]2CC=C(C)C[C@]2(C)C1=O. The molecule has 0 bridgehead atoms. The molecule has 0 N–H and O–H groups in total. The van der Waals surface area contributed by atoms with E-state index in [-0.39, 0.29) is 23.2 Å². The second kappa shape index (κ2) is 3.58. The minimum absolute atomic E-state index is 0.0164. The van der Waals surface area contributed by atoms with Crippen LogP contribution in [-0.4, -0.2) is 18.7 Å². The Bertz CT molecular complexity index is 417. The number of ether oxygens (including phenoxy) is 1. The van der Waals surface area contributed by atoms with Crippen LogP contribution in [0.5, 0.6) is 0 Å². The summed E-state index contributed by atoms with van der Waals surface area (Å²) in [4.78, 5) is 24.1. The molecule has 3 nitrogen and oxygen atoms in total. The third kappa shape index (κ3) is 1.42. The maximum absolute atomic E-state index is 12.2. The van der Waals surface area contributed by atoms with Crippen LogP contribution in [0.4, 0.5) is 0 Å². The lowest BCUT2D eigenvalue weighted by Gasteiger charge is -2.40. The van der Waals surface area contributed by atoms with Gasteiger partial charge in [-0.1, -0.05) is 18.6 Å². The molecule has 0 aromatic carbocycles. The number of carbonyl (C=O) groups is 2. The molecule has 0 saturated carbocycles. The third-order valence-corrected chi connectivity index (χ3v) is 3.70.